The predicted octanol–water partition coefficient (Wildman–Crippen LogP) is 5.87. The topological polar surface area (TPSA) is 99.1 Å². The minimum Gasteiger partial charge on any atom is -0.507 e. The molecular weight excluding hydrogens is 555 g/mol. The van der Waals surface area contributed by atoms with Gasteiger partial charge in [-0.1, -0.05) is 59.6 Å². The fourth-order valence-corrected chi connectivity index (χ4v) is 5.43. The van der Waals surface area contributed by atoms with E-state index in [1.165, 1.54) is 36.5 Å². The zero-order valence-corrected chi connectivity index (χ0v) is 21.8. The average Bonchev–Trinajstić information content (AvgIpc) is 2.88. The Balaban J connectivity index is 1.67. The van der Waals surface area contributed by atoms with Gasteiger partial charge in [0.05, 0.1) is 27.4 Å². The third-order valence-electron chi connectivity index (χ3n) is 5.77. The molecule has 0 bridgehead atoms. The van der Waals surface area contributed by atoms with Gasteiger partial charge in [-0.05, 0) is 54.1 Å². The number of alkyl halides is 3. The van der Waals surface area contributed by atoms with Gasteiger partial charge in [-0.25, -0.2) is 13.8 Å². The fraction of sp³-hybridized carbons (Fsp3) is 0.111. The Morgan fingerprint density at radius 2 is 1.74 bits per heavy atom. The van der Waals surface area contributed by atoms with Crippen molar-refractivity contribution in [3.05, 3.63) is 101 Å². The zero-order chi connectivity index (χ0) is 28.4. The highest BCUT2D eigenvalue weighted by atomic mass is 35.5. The number of hydrogen-bond acceptors (Lipinski definition) is 5. The summed E-state index contributed by atoms with van der Waals surface area (Å²) in [5.41, 5.74) is 1.57. The van der Waals surface area contributed by atoms with Crippen molar-refractivity contribution in [2.45, 2.75) is 18.0 Å². The first-order chi connectivity index (χ1) is 18.4. The van der Waals surface area contributed by atoms with Gasteiger partial charge in [-0.3, -0.25) is 9.10 Å². The second-order valence-corrected chi connectivity index (χ2v) is 10.8. The van der Waals surface area contributed by atoms with Gasteiger partial charge in [0.2, 0.25) is 0 Å². The first-order valence-electron chi connectivity index (χ1n) is 11.4. The summed E-state index contributed by atoms with van der Waals surface area (Å²) in [6.07, 6.45) is -3.67. The van der Waals surface area contributed by atoms with Crippen LogP contribution in [0.4, 0.5) is 18.9 Å². The van der Waals surface area contributed by atoms with Gasteiger partial charge >= 0.3 is 6.18 Å². The van der Waals surface area contributed by atoms with E-state index in [2.05, 4.69) is 10.5 Å². The van der Waals surface area contributed by atoms with Gasteiger partial charge in [-0.2, -0.15) is 18.3 Å². The number of aryl methyl sites for hydroxylation is 1. The van der Waals surface area contributed by atoms with Gasteiger partial charge in [0.25, 0.3) is 15.9 Å². The van der Waals surface area contributed by atoms with Gasteiger partial charge in [0, 0.05) is 5.56 Å². The molecule has 39 heavy (non-hydrogen) atoms. The lowest BCUT2D eigenvalue weighted by Gasteiger charge is -2.25. The number of carbonyl (C=O) groups excluding carboxylic acids is 1. The lowest BCUT2D eigenvalue weighted by atomic mass is 10.0. The second-order valence-electron chi connectivity index (χ2n) is 8.50. The Hall–Kier alpha value is -4.09. The first-order valence-corrected chi connectivity index (χ1v) is 13.2. The summed E-state index contributed by atoms with van der Waals surface area (Å²) >= 11 is 5.71. The lowest BCUT2D eigenvalue weighted by Crippen LogP contribution is -2.39. The van der Waals surface area contributed by atoms with Crippen LogP contribution in [0.1, 0.15) is 16.7 Å². The van der Waals surface area contributed by atoms with Crippen LogP contribution < -0.4 is 9.73 Å². The van der Waals surface area contributed by atoms with E-state index in [1.807, 2.05) is 12.1 Å². The Morgan fingerprint density at radius 3 is 2.44 bits per heavy atom. The van der Waals surface area contributed by atoms with E-state index in [1.54, 1.807) is 25.1 Å². The molecule has 0 aliphatic heterocycles. The van der Waals surface area contributed by atoms with Crippen molar-refractivity contribution in [3.63, 3.8) is 0 Å². The number of anilines is 1. The molecule has 4 aromatic rings. The van der Waals surface area contributed by atoms with Crippen molar-refractivity contribution in [3.8, 4) is 5.75 Å². The highest BCUT2D eigenvalue weighted by molar-refractivity contribution is 7.92. The predicted molar refractivity (Wildman–Crippen MR) is 144 cm³/mol. The summed E-state index contributed by atoms with van der Waals surface area (Å²) in [5.74, 6) is -1.04. The van der Waals surface area contributed by atoms with Crippen molar-refractivity contribution in [2.24, 2.45) is 5.10 Å². The molecule has 0 heterocycles. The number of phenols is 1. The Labute approximate surface area is 227 Å². The molecule has 4 rings (SSSR count). The van der Waals surface area contributed by atoms with E-state index in [0.29, 0.717) is 21.3 Å². The molecule has 0 saturated carbocycles. The number of hydrazone groups is 1. The molecule has 0 aliphatic rings. The highest BCUT2D eigenvalue weighted by Crippen LogP contribution is 2.38. The van der Waals surface area contributed by atoms with Crippen molar-refractivity contribution in [1.82, 2.24) is 5.43 Å². The monoisotopic (exact) mass is 575 g/mol. The third-order valence-corrected chi connectivity index (χ3v) is 7.89. The summed E-state index contributed by atoms with van der Waals surface area (Å²) in [6, 6.07) is 18.5. The molecule has 0 fully saturated rings. The summed E-state index contributed by atoms with van der Waals surface area (Å²) < 4.78 is 68.0. The summed E-state index contributed by atoms with van der Waals surface area (Å²) in [7, 11) is -4.48. The number of benzene rings is 4. The number of nitrogens with zero attached hydrogens (tertiary/aromatic N) is 2. The molecule has 0 spiro atoms. The molecule has 0 saturated heterocycles. The van der Waals surface area contributed by atoms with Gasteiger partial charge in [0.1, 0.15) is 12.3 Å². The van der Waals surface area contributed by atoms with Crippen LogP contribution in [0.2, 0.25) is 5.02 Å². The average molecular weight is 576 g/mol. The minimum absolute atomic E-state index is 0.101. The van der Waals surface area contributed by atoms with Crippen LogP contribution in [0.25, 0.3) is 10.8 Å². The number of carbonyl (C=O) groups is 1. The maximum Gasteiger partial charge on any atom is 0.417 e. The summed E-state index contributed by atoms with van der Waals surface area (Å²) in [4.78, 5) is 12.6. The molecule has 7 nitrogen and oxygen atoms in total. The maximum absolute atomic E-state index is 13.5. The van der Waals surface area contributed by atoms with Crippen LogP contribution >= 0.6 is 11.6 Å². The van der Waals surface area contributed by atoms with E-state index in [-0.39, 0.29) is 10.6 Å². The largest absolute Gasteiger partial charge is 0.507 e. The summed E-state index contributed by atoms with van der Waals surface area (Å²) in [5, 5.41) is 14.9. The molecule has 0 aliphatic carbocycles. The summed E-state index contributed by atoms with van der Waals surface area (Å²) in [6.45, 7) is 0.843. The number of sulfonamides is 1. The standard InChI is InChI=1S/C27H21ClF3N3O4S/c1-17-6-10-20(11-7-17)39(37,38)34(19-9-12-24(28)23(14-19)27(29,30)31)16-26(36)33-32-15-22-21-5-3-2-4-18(21)8-13-25(22)35/h2-15,35H,16H2,1H3,(H,33,36)/b32-15-. The van der Waals surface area contributed by atoms with Crippen LogP contribution in [0.3, 0.4) is 0 Å². The number of amides is 1. The number of phenolic OH excluding ortho intramolecular Hbond substituents is 1. The number of halogens is 4. The Morgan fingerprint density at radius 1 is 1.05 bits per heavy atom. The molecule has 2 N–H and O–H groups in total. The van der Waals surface area contributed by atoms with E-state index in [4.69, 9.17) is 11.6 Å². The number of hydrogen-bond donors (Lipinski definition) is 2. The van der Waals surface area contributed by atoms with Crippen LogP contribution in [0.15, 0.2) is 88.9 Å². The molecule has 0 atom stereocenters. The number of nitrogens with one attached hydrogen (secondary N) is 1. The van der Waals surface area contributed by atoms with Crippen molar-refractivity contribution in [1.29, 1.82) is 0 Å². The smallest absolute Gasteiger partial charge is 0.417 e. The molecule has 12 heteroatoms. The maximum atomic E-state index is 13.5. The van der Waals surface area contributed by atoms with Crippen LogP contribution in [0, 0.1) is 6.92 Å². The molecule has 4 aromatic carbocycles. The normalized spacial score (nSPS) is 12.1. The third kappa shape index (κ3) is 6.15. The fourth-order valence-electron chi connectivity index (χ4n) is 3.79. The minimum atomic E-state index is -4.86. The van der Waals surface area contributed by atoms with Crippen LogP contribution in [0.5, 0.6) is 5.75 Å². The van der Waals surface area contributed by atoms with Crippen molar-refractivity contribution in [2.75, 3.05) is 10.8 Å². The van der Waals surface area contributed by atoms with E-state index < -0.39 is 44.9 Å². The Kier molecular flexibility index (Phi) is 7.84. The first kappa shape index (κ1) is 27.9. The second kappa shape index (κ2) is 11.0. The molecule has 202 valence electrons. The van der Waals surface area contributed by atoms with Gasteiger partial charge in [-0.15, -0.1) is 0 Å². The number of rotatable bonds is 7. The van der Waals surface area contributed by atoms with Gasteiger partial charge < -0.3 is 5.11 Å². The van der Waals surface area contributed by atoms with E-state index >= 15 is 0 Å². The van der Waals surface area contributed by atoms with E-state index in [0.717, 1.165) is 23.1 Å². The van der Waals surface area contributed by atoms with Crippen molar-refractivity contribution >= 4 is 50.2 Å². The number of aromatic hydroxyl groups is 1. The molecule has 0 aromatic heterocycles. The van der Waals surface area contributed by atoms with Gasteiger partial charge in [0.15, 0.2) is 0 Å². The van der Waals surface area contributed by atoms with Crippen LogP contribution in [-0.2, 0) is 21.0 Å². The zero-order valence-electron chi connectivity index (χ0n) is 20.3. The molecule has 0 unspecified atom stereocenters. The quantitative estimate of drug-likeness (QED) is 0.213. The molecule has 1 amide bonds. The molecular formula is C27H21ClF3N3O4S. The highest BCUT2D eigenvalue weighted by Gasteiger charge is 2.35. The number of fused-ring (bicyclic) bond motifs is 1. The Bertz CT molecular complexity index is 1670. The van der Waals surface area contributed by atoms with Crippen LogP contribution in [-0.4, -0.2) is 32.2 Å². The lowest BCUT2D eigenvalue weighted by molar-refractivity contribution is -0.137. The molecule has 0 radical (unpaired) electrons. The SMILES string of the molecule is Cc1ccc(S(=O)(=O)N(CC(=O)N/N=C\c2c(O)ccc3ccccc23)c2ccc(Cl)c(C(F)(F)F)c2)cc1. The van der Waals surface area contributed by atoms with Crippen molar-refractivity contribution < 1.29 is 31.5 Å². The van der Waals surface area contributed by atoms with E-state index in [9.17, 15) is 31.5 Å².